The Hall–Kier alpha value is -2.30. The Bertz CT molecular complexity index is 632. The van der Waals surface area contributed by atoms with Crippen molar-refractivity contribution in [2.75, 3.05) is 19.5 Å². The van der Waals surface area contributed by atoms with Gasteiger partial charge in [-0.05, 0) is 36.8 Å². The quantitative estimate of drug-likeness (QED) is 0.898. The van der Waals surface area contributed by atoms with Gasteiger partial charge >= 0.3 is 0 Å². The van der Waals surface area contributed by atoms with Crippen LogP contribution < -0.4 is 14.8 Å². The fourth-order valence-corrected chi connectivity index (χ4v) is 2.03. The second-order valence-corrected chi connectivity index (χ2v) is 4.61. The Labute approximate surface area is 122 Å². The van der Waals surface area contributed by atoms with Crippen molar-refractivity contribution in [3.8, 4) is 11.5 Å². The zero-order chi connectivity index (χ0) is 15.4. The molecule has 0 spiro atoms. The van der Waals surface area contributed by atoms with E-state index in [0.29, 0.717) is 22.7 Å². The van der Waals surface area contributed by atoms with Gasteiger partial charge < -0.3 is 14.8 Å². The summed E-state index contributed by atoms with van der Waals surface area (Å²) < 4.78 is 36.7. The van der Waals surface area contributed by atoms with Crippen molar-refractivity contribution in [3.63, 3.8) is 0 Å². The molecule has 1 N–H and O–H groups in total. The lowest BCUT2D eigenvalue weighted by molar-refractivity contribution is 0.404. The van der Waals surface area contributed by atoms with Gasteiger partial charge in [0, 0.05) is 12.1 Å². The summed E-state index contributed by atoms with van der Waals surface area (Å²) >= 11 is 0. The van der Waals surface area contributed by atoms with E-state index in [9.17, 15) is 8.78 Å². The number of rotatable bonds is 5. The van der Waals surface area contributed by atoms with Crippen LogP contribution in [0.5, 0.6) is 11.5 Å². The van der Waals surface area contributed by atoms with Crippen molar-refractivity contribution in [2.24, 2.45) is 0 Å². The lowest BCUT2D eigenvalue weighted by Gasteiger charge is -2.18. The van der Waals surface area contributed by atoms with Gasteiger partial charge in [0.05, 0.1) is 19.9 Å². The molecule has 0 bridgehead atoms. The number of hydrogen-bond donors (Lipinski definition) is 1. The van der Waals surface area contributed by atoms with Gasteiger partial charge in [-0.1, -0.05) is 6.07 Å². The molecular formula is C16H17F2NO2. The van der Waals surface area contributed by atoms with Crippen LogP contribution in [0.3, 0.4) is 0 Å². The Morgan fingerprint density at radius 3 is 2.33 bits per heavy atom. The number of benzene rings is 2. The van der Waals surface area contributed by atoms with Gasteiger partial charge in [0.2, 0.25) is 0 Å². The van der Waals surface area contributed by atoms with Crippen molar-refractivity contribution in [1.29, 1.82) is 0 Å². The van der Waals surface area contributed by atoms with Crippen LogP contribution in [0.1, 0.15) is 18.5 Å². The first-order valence-electron chi connectivity index (χ1n) is 6.48. The first-order chi connectivity index (χ1) is 10.0. The van der Waals surface area contributed by atoms with Crippen LogP contribution in [0.4, 0.5) is 14.5 Å². The molecule has 0 aliphatic heterocycles. The third kappa shape index (κ3) is 3.42. The maximum atomic E-state index is 13.3. The molecule has 0 aliphatic rings. The van der Waals surface area contributed by atoms with E-state index in [1.807, 2.05) is 6.92 Å². The average molecular weight is 293 g/mol. The summed E-state index contributed by atoms with van der Waals surface area (Å²) in [6.07, 6.45) is 0. The monoisotopic (exact) mass is 293 g/mol. The Morgan fingerprint density at radius 2 is 1.71 bits per heavy atom. The molecule has 3 nitrogen and oxygen atoms in total. The molecule has 1 unspecified atom stereocenters. The van der Waals surface area contributed by atoms with Crippen LogP contribution in [-0.4, -0.2) is 14.2 Å². The Balaban J connectivity index is 2.25. The highest BCUT2D eigenvalue weighted by atomic mass is 19.2. The van der Waals surface area contributed by atoms with E-state index in [1.165, 1.54) is 6.07 Å². The van der Waals surface area contributed by atoms with Crippen LogP contribution in [0, 0.1) is 11.6 Å². The van der Waals surface area contributed by atoms with Crippen LogP contribution in [-0.2, 0) is 0 Å². The van der Waals surface area contributed by atoms with E-state index < -0.39 is 11.6 Å². The largest absolute Gasteiger partial charge is 0.497 e. The summed E-state index contributed by atoms with van der Waals surface area (Å²) in [4.78, 5) is 0. The van der Waals surface area contributed by atoms with E-state index in [4.69, 9.17) is 9.47 Å². The fourth-order valence-electron chi connectivity index (χ4n) is 2.03. The molecule has 0 saturated carbocycles. The number of anilines is 1. The normalized spacial score (nSPS) is 11.9. The SMILES string of the molecule is COc1ccc(OC)c(NC(C)c2ccc(F)c(F)c2)c1. The molecule has 0 heterocycles. The number of hydrogen-bond acceptors (Lipinski definition) is 3. The van der Waals surface area contributed by atoms with E-state index in [1.54, 1.807) is 38.5 Å². The number of ether oxygens (including phenoxy) is 2. The topological polar surface area (TPSA) is 30.5 Å². The predicted octanol–water partition coefficient (Wildman–Crippen LogP) is 4.16. The second kappa shape index (κ2) is 6.43. The highest BCUT2D eigenvalue weighted by Crippen LogP contribution is 2.32. The summed E-state index contributed by atoms with van der Waals surface area (Å²) in [7, 11) is 3.14. The molecule has 112 valence electrons. The van der Waals surface area contributed by atoms with E-state index in [-0.39, 0.29) is 6.04 Å². The molecular weight excluding hydrogens is 276 g/mol. The highest BCUT2D eigenvalue weighted by molar-refractivity contribution is 5.60. The minimum atomic E-state index is -0.862. The summed E-state index contributed by atoms with van der Waals surface area (Å²) in [5.41, 5.74) is 1.35. The number of nitrogens with one attached hydrogen (secondary N) is 1. The lowest BCUT2D eigenvalue weighted by Crippen LogP contribution is -2.08. The molecule has 1 atom stereocenters. The molecule has 0 radical (unpaired) electrons. The van der Waals surface area contributed by atoms with Crippen molar-refractivity contribution >= 4 is 5.69 Å². The molecule has 0 saturated heterocycles. The smallest absolute Gasteiger partial charge is 0.159 e. The minimum Gasteiger partial charge on any atom is -0.497 e. The van der Waals surface area contributed by atoms with E-state index in [2.05, 4.69) is 5.32 Å². The predicted molar refractivity (Wildman–Crippen MR) is 77.9 cm³/mol. The first-order valence-corrected chi connectivity index (χ1v) is 6.48. The summed E-state index contributed by atoms with van der Waals surface area (Å²) in [5, 5.41) is 3.20. The van der Waals surface area contributed by atoms with Gasteiger partial charge in [0.1, 0.15) is 11.5 Å². The number of methoxy groups -OCH3 is 2. The van der Waals surface area contributed by atoms with Crippen LogP contribution in [0.25, 0.3) is 0 Å². The second-order valence-electron chi connectivity index (χ2n) is 4.61. The van der Waals surface area contributed by atoms with Gasteiger partial charge in [-0.15, -0.1) is 0 Å². The van der Waals surface area contributed by atoms with Gasteiger partial charge in [-0.3, -0.25) is 0 Å². The zero-order valence-electron chi connectivity index (χ0n) is 12.1. The lowest BCUT2D eigenvalue weighted by atomic mass is 10.1. The van der Waals surface area contributed by atoms with Crippen LogP contribution in [0.2, 0.25) is 0 Å². The fraction of sp³-hybridized carbons (Fsp3) is 0.250. The molecule has 5 heteroatoms. The van der Waals surface area contributed by atoms with Gasteiger partial charge in [0.25, 0.3) is 0 Å². The maximum absolute atomic E-state index is 13.3. The third-order valence-electron chi connectivity index (χ3n) is 3.22. The third-order valence-corrected chi connectivity index (χ3v) is 3.22. The minimum absolute atomic E-state index is 0.221. The molecule has 2 aromatic carbocycles. The highest BCUT2D eigenvalue weighted by Gasteiger charge is 2.12. The zero-order valence-corrected chi connectivity index (χ0v) is 12.1. The average Bonchev–Trinajstić information content (AvgIpc) is 2.49. The van der Waals surface area contributed by atoms with Gasteiger partial charge in [-0.25, -0.2) is 8.78 Å². The van der Waals surface area contributed by atoms with Crippen LogP contribution >= 0.6 is 0 Å². The van der Waals surface area contributed by atoms with E-state index >= 15 is 0 Å². The Kier molecular flexibility index (Phi) is 4.62. The first kappa shape index (κ1) is 15.1. The standard InChI is InChI=1S/C16H17F2NO2/c1-10(11-4-6-13(17)14(18)8-11)19-15-9-12(20-2)5-7-16(15)21-3/h4-10,19H,1-3H3. The molecule has 2 aromatic rings. The molecule has 0 amide bonds. The summed E-state index contributed by atoms with van der Waals surface area (Å²) in [6.45, 7) is 1.85. The van der Waals surface area contributed by atoms with Gasteiger partial charge in [-0.2, -0.15) is 0 Å². The molecule has 0 aliphatic carbocycles. The number of halogens is 2. The van der Waals surface area contributed by atoms with Crippen molar-refractivity contribution in [3.05, 3.63) is 53.6 Å². The van der Waals surface area contributed by atoms with Crippen molar-refractivity contribution in [2.45, 2.75) is 13.0 Å². The summed E-state index contributed by atoms with van der Waals surface area (Å²) in [5.74, 6) is -0.398. The molecule has 0 aromatic heterocycles. The van der Waals surface area contributed by atoms with Gasteiger partial charge in [0.15, 0.2) is 11.6 Å². The molecule has 21 heavy (non-hydrogen) atoms. The van der Waals surface area contributed by atoms with Crippen LogP contribution in [0.15, 0.2) is 36.4 Å². The van der Waals surface area contributed by atoms with E-state index in [0.717, 1.165) is 6.07 Å². The maximum Gasteiger partial charge on any atom is 0.159 e. The molecule has 2 rings (SSSR count). The van der Waals surface area contributed by atoms with Crippen molar-refractivity contribution < 1.29 is 18.3 Å². The van der Waals surface area contributed by atoms with Crippen molar-refractivity contribution in [1.82, 2.24) is 0 Å². The summed E-state index contributed by atoms with van der Waals surface area (Å²) in [6, 6.07) is 8.97. The molecule has 0 fully saturated rings. The Morgan fingerprint density at radius 1 is 0.952 bits per heavy atom.